The van der Waals surface area contributed by atoms with Gasteiger partial charge in [0.15, 0.2) is 0 Å². The molecule has 7 nitrogen and oxygen atoms in total. The number of hydrogen-bond donors (Lipinski definition) is 0. The molecule has 0 aliphatic carbocycles. The van der Waals surface area contributed by atoms with Gasteiger partial charge in [0.05, 0.1) is 11.2 Å². The maximum Gasteiger partial charge on any atom is 0.220 e. The van der Waals surface area contributed by atoms with Crippen molar-refractivity contribution in [3.63, 3.8) is 0 Å². The monoisotopic (exact) mass is 387 g/mol. The summed E-state index contributed by atoms with van der Waals surface area (Å²) < 4.78 is 41.2. The second kappa shape index (κ2) is 6.00. The van der Waals surface area contributed by atoms with Crippen LogP contribution in [0.15, 0.2) is 42.7 Å². The molecule has 0 saturated carbocycles. The number of sulfonamides is 1. The normalized spacial score (nSPS) is 18.5. The van der Waals surface area contributed by atoms with Crippen molar-refractivity contribution in [2.45, 2.75) is 11.7 Å². The summed E-state index contributed by atoms with van der Waals surface area (Å²) >= 11 is 0. The van der Waals surface area contributed by atoms with Gasteiger partial charge >= 0.3 is 0 Å². The van der Waals surface area contributed by atoms with Crippen LogP contribution in [0.4, 0.5) is 10.2 Å². The molecule has 0 N–H and O–H groups in total. The molecule has 2 aliphatic heterocycles. The van der Waals surface area contributed by atoms with Gasteiger partial charge in [0, 0.05) is 50.0 Å². The molecule has 2 saturated heterocycles. The molecule has 4 heterocycles. The first kappa shape index (κ1) is 16.6. The third-order valence-electron chi connectivity index (χ3n) is 5.23. The molecule has 0 atom stereocenters. The van der Waals surface area contributed by atoms with Crippen LogP contribution in [0.3, 0.4) is 0 Å². The van der Waals surface area contributed by atoms with Crippen molar-refractivity contribution in [2.24, 2.45) is 0 Å². The molecule has 27 heavy (non-hydrogen) atoms. The highest BCUT2D eigenvalue weighted by molar-refractivity contribution is 7.89. The summed E-state index contributed by atoms with van der Waals surface area (Å²) in [5.74, 6) is 0.432. The molecule has 0 radical (unpaired) electrons. The van der Waals surface area contributed by atoms with Gasteiger partial charge in [0.1, 0.15) is 16.9 Å². The summed E-state index contributed by atoms with van der Waals surface area (Å²) in [5, 5.41) is 5.05. The Morgan fingerprint density at radius 2 is 1.85 bits per heavy atom. The summed E-state index contributed by atoms with van der Waals surface area (Å²) in [4.78, 5) is 6.41. The average molecular weight is 387 g/mol. The van der Waals surface area contributed by atoms with Crippen LogP contribution >= 0.6 is 0 Å². The minimum Gasteiger partial charge on any atom is -0.354 e. The Morgan fingerprint density at radius 1 is 1.11 bits per heavy atom. The number of benzene rings is 1. The fourth-order valence-corrected chi connectivity index (χ4v) is 5.30. The molecule has 1 aromatic carbocycles. The highest BCUT2D eigenvalue weighted by Gasteiger charge is 2.43. The number of fused-ring (bicyclic) bond motifs is 1. The number of pyridine rings is 1. The van der Waals surface area contributed by atoms with Crippen molar-refractivity contribution in [1.29, 1.82) is 0 Å². The second-order valence-corrected chi connectivity index (χ2v) is 9.19. The Morgan fingerprint density at radius 3 is 2.52 bits per heavy atom. The maximum absolute atomic E-state index is 13.1. The van der Waals surface area contributed by atoms with Crippen LogP contribution in [0, 0.1) is 5.82 Å². The molecule has 2 aromatic heterocycles. The molecular formula is C18H18FN5O2S. The third kappa shape index (κ3) is 2.78. The molecule has 140 valence electrons. The number of anilines is 1. The zero-order chi connectivity index (χ0) is 18.6. The zero-order valence-electron chi connectivity index (χ0n) is 14.5. The lowest BCUT2D eigenvalue weighted by Crippen LogP contribution is -2.60. The number of aromatic nitrogens is 3. The molecular weight excluding hydrogens is 369 g/mol. The van der Waals surface area contributed by atoms with Gasteiger partial charge in [-0.1, -0.05) is 0 Å². The second-order valence-electron chi connectivity index (χ2n) is 6.98. The minimum atomic E-state index is -3.17. The Hall–Kier alpha value is -2.52. The van der Waals surface area contributed by atoms with E-state index in [-0.39, 0.29) is 11.1 Å². The molecule has 5 rings (SSSR count). The summed E-state index contributed by atoms with van der Waals surface area (Å²) in [5.41, 5.74) is 1.53. The van der Waals surface area contributed by atoms with Crippen molar-refractivity contribution < 1.29 is 12.8 Å². The van der Waals surface area contributed by atoms with Crippen molar-refractivity contribution >= 4 is 26.7 Å². The number of halogens is 1. The van der Waals surface area contributed by atoms with E-state index >= 15 is 0 Å². The van der Waals surface area contributed by atoms with Gasteiger partial charge in [-0.25, -0.2) is 26.8 Å². The van der Waals surface area contributed by atoms with Gasteiger partial charge in [0.2, 0.25) is 10.0 Å². The van der Waals surface area contributed by atoms with Crippen LogP contribution in [-0.4, -0.2) is 58.9 Å². The molecule has 0 spiro atoms. The molecule has 0 amide bonds. The lowest BCUT2D eigenvalue weighted by atomic mass is 10.2. The fourth-order valence-electron chi connectivity index (χ4n) is 3.37. The van der Waals surface area contributed by atoms with Gasteiger partial charge in [-0.05, 0) is 30.7 Å². The van der Waals surface area contributed by atoms with E-state index in [0.717, 1.165) is 28.8 Å². The lowest BCUT2D eigenvalue weighted by Gasteiger charge is -2.43. The molecule has 0 bridgehead atoms. The van der Waals surface area contributed by atoms with E-state index in [0.29, 0.717) is 26.2 Å². The maximum atomic E-state index is 13.1. The molecule has 2 fully saturated rings. The van der Waals surface area contributed by atoms with Crippen molar-refractivity contribution in [1.82, 2.24) is 19.1 Å². The van der Waals surface area contributed by atoms with E-state index in [1.54, 1.807) is 27.3 Å². The highest BCUT2D eigenvalue weighted by Crippen LogP contribution is 2.28. The van der Waals surface area contributed by atoms with E-state index in [2.05, 4.69) is 10.1 Å². The van der Waals surface area contributed by atoms with Crippen molar-refractivity contribution in [2.75, 3.05) is 31.1 Å². The topological polar surface area (TPSA) is 71.3 Å². The SMILES string of the molecule is O=S(=O)(C1CN(c2cc3nn(-c4ccc(F)cc4)cc3cn2)C1)N1CCC1. The first-order valence-electron chi connectivity index (χ1n) is 8.86. The van der Waals surface area contributed by atoms with Crippen LogP contribution in [0.25, 0.3) is 16.6 Å². The number of nitrogens with zero attached hydrogens (tertiary/aromatic N) is 5. The van der Waals surface area contributed by atoms with Crippen LogP contribution < -0.4 is 4.90 Å². The molecule has 0 unspecified atom stereocenters. The number of hydrogen-bond acceptors (Lipinski definition) is 5. The summed E-state index contributed by atoms with van der Waals surface area (Å²) in [7, 11) is -3.17. The third-order valence-corrected chi connectivity index (χ3v) is 7.46. The smallest absolute Gasteiger partial charge is 0.220 e. The van der Waals surface area contributed by atoms with Gasteiger partial charge in [-0.15, -0.1) is 0 Å². The van der Waals surface area contributed by atoms with Gasteiger partial charge in [-0.3, -0.25) is 0 Å². The van der Waals surface area contributed by atoms with E-state index in [4.69, 9.17) is 0 Å². The first-order chi connectivity index (χ1) is 13.0. The van der Waals surface area contributed by atoms with Crippen LogP contribution in [0.5, 0.6) is 0 Å². The summed E-state index contributed by atoms with van der Waals surface area (Å²) in [6, 6.07) is 7.97. The predicted octanol–water partition coefficient (Wildman–Crippen LogP) is 1.78. The Kier molecular flexibility index (Phi) is 3.70. The predicted molar refractivity (Wildman–Crippen MR) is 99.9 cm³/mol. The Bertz CT molecular complexity index is 1100. The van der Waals surface area contributed by atoms with Gasteiger partial charge in [-0.2, -0.15) is 5.10 Å². The lowest BCUT2D eigenvalue weighted by molar-refractivity contribution is 0.301. The minimum absolute atomic E-state index is 0.292. The Labute approximate surface area is 156 Å². The Balaban J connectivity index is 1.36. The fraction of sp³-hybridized carbons (Fsp3) is 0.333. The van der Waals surface area contributed by atoms with Gasteiger partial charge < -0.3 is 4.90 Å². The van der Waals surface area contributed by atoms with Crippen LogP contribution in [0.1, 0.15) is 6.42 Å². The quantitative estimate of drug-likeness (QED) is 0.683. The average Bonchev–Trinajstić information content (AvgIpc) is 2.95. The molecule has 3 aromatic rings. The van der Waals surface area contributed by atoms with E-state index in [1.807, 2.05) is 17.2 Å². The van der Waals surface area contributed by atoms with E-state index < -0.39 is 10.0 Å². The van der Waals surface area contributed by atoms with Crippen LogP contribution in [0.2, 0.25) is 0 Å². The van der Waals surface area contributed by atoms with E-state index in [9.17, 15) is 12.8 Å². The number of rotatable bonds is 4. The van der Waals surface area contributed by atoms with Crippen LogP contribution in [-0.2, 0) is 10.0 Å². The highest BCUT2D eigenvalue weighted by atomic mass is 32.2. The summed E-state index contributed by atoms with van der Waals surface area (Å²) in [6.07, 6.45) is 4.52. The van der Waals surface area contributed by atoms with Crippen molar-refractivity contribution in [3.05, 3.63) is 48.5 Å². The first-order valence-corrected chi connectivity index (χ1v) is 10.4. The zero-order valence-corrected chi connectivity index (χ0v) is 15.3. The van der Waals surface area contributed by atoms with Crippen molar-refractivity contribution in [3.8, 4) is 5.69 Å². The van der Waals surface area contributed by atoms with E-state index in [1.165, 1.54) is 12.1 Å². The standard InChI is InChI=1S/C18H18FN5O2S/c19-14-2-4-15(5-3-14)24-10-13-9-20-18(8-17(13)21-24)22-11-16(12-22)27(25,26)23-6-1-7-23/h2-5,8-10,16H,1,6-7,11-12H2. The largest absolute Gasteiger partial charge is 0.354 e. The summed E-state index contributed by atoms with van der Waals surface area (Å²) in [6.45, 7) is 2.19. The van der Waals surface area contributed by atoms with Gasteiger partial charge in [0.25, 0.3) is 0 Å². The molecule has 2 aliphatic rings. The molecule has 9 heteroatoms.